The van der Waals surface area contributed by atoms with Crippen LogP contribution in [0.25, 0.3) is 0 Å². The summed E-state index contributed by atoms with van der Waals surface area (Å²) in [7, 11) is 0. The first-order chi connectivity index (χ1) is 12.2. The highest BCUT2D eigenvalue weighted by atomic mass is 32.2. The Morgan fingerprint density at radius 3 is 2.44 bits per heavy atom. The topological polar surface area (TPSA) is 67.4 Å². The Hall–Kier alpha value is -2.47. The van der Waals surface area contributed by atoms with Crippen molar-refractivity contribution < 1.29 is 14.3 Å². The zero-order chi connectivity index (χ0) is 17.9. The molecule has 0 bridgehead atoms. The molecule has 0 aliphatic heterocycles. The number of benzene rings is 2. The lowest BCUT2D eigenvalue weighted by Crippen LogP contribution is -2.26. The summed E-state index contributed by atoms with van der Waals surface area (Å²) in [6, 6.07) is 17.2. The highest BCUT2D eigenvalue weighted by molar-refractivity contribution is 7.98. The lowest BCUT2D eigenvalue weighted by Gasteiger charge is -2.08. The van der Waals surface area contributed by atoms with E-state index in [-0.39, 0.29) is 12.5 Å². The Morgan fingerprint density at radius 1 is 1.04 bits per heavy atom. The van der Waals surface area contributed by atoms with Crippen molar-refractivity contribution in [2.75, 3.05) is 18.1 Å². The fourth-order valence-corrected chi connectivity index (χ4v) is 2.52. The first-order valence-corrected chi connectivity index (χ1v) is 9.28. The molecule has 0 aliphatic rings. The summed E-state index contributed by atoms with van der Waals surface area (Å²) >= 11 is 1.65. The number of hydrogen-bond donors (Lipinski definition) is 2. The Balaban J connectivity index is 1.58. The molecule has 0 heterocycles. The van der Waals surface area contributed by atoms with E-state index in [1.807, 2.05) is 60.9 Å². The molecule has 25 heavy (non-hydrogen) atoms. The highest BCUT2D eigenvalue weighted by Crippen LogP contribution is 2.17. The predicted molar refractivity (Wildman–Crippen MR) is 101 cm³/mol. The monoisotopic (exact) mass is 358 g/mol. The van der Waals surface area contributed by atoms with E-state index < -0.39 is 6.09 Å². The van der Waals surface area contributed by atoms with Gasteiger partial charge in [-0.25, -0.2) is 4.79 Å². The standard InChI is InChI=1S/C19H22N2O3S/c1-25-17-11-9-16(10-12-17)21-18(22)8-5-13-20-19(23)24-14-15-6-3-2-4-7-15/h2-4,6-7,9-12H,5,8,13-14H2,1H3,(H,20,23)(H,21,22). The van der Waals surface area contributed by atoms with E-state index in [1.54, 1.807) is 11.8 Å². The molecule has 0 radical (unpaired) electrons. The zero-order valence-corrected chi connectivity index (χ0v) is 15.0. The van der Waals surface area contributed by atoms with Crippen molar-refractivity contribution in [2.24, 2.45) is 0 Å². The van der Waals surface area contributed by atoms with Crippen LogP contribution in [0.15, 0.2) is 59.5 Å². The molecule has 0 unspecified atom stereocenters. The number of carbonyl (C=O) groups is 2. The number of hydrogen-bond acceptors (Lipinski definition) is 4. The van der Waals surface area contributed by atoms with E-state index >= 15 is 0 Å². The SMILES string of the molecule is CSc1ccc(NC(=O)CCCNC(=O)OCc2ccccc2)cc1. The van der Waals surface area contributed by atoms with Crippen LogP contribution in [0.5, 0.6) is 0 Å². The predicted octanol–water partition coefficient (Wildman–Crippen LogP) is 4.05. The van der Waals surface area contributed by atoms with Gasteiger partial charge in [0, 0.05) is 23.5 Å². The normalized spacial score (nSPS) is 10.1. The molecule has 5 nitrogen and oxygen atoms in total. The number of carbonyl (C=O) groups excluding carboxylic acids is 2. The summed E-state index contributed by atoms with van der Waals surface area (Å²) < 4.78 is 5.10. The summed E-state index contributed by atoms with van der Waals surface area (Å²) in [5.74, 6) is -0.0728. The fraction of sp³-hybridized carbons (Fsp3) is 0.263. The second kappa shape index (κ2) is 10.4. The van der Waals surface area contributed by atoms with Gasteiger partial charge in [0.15, 0.2) is 0 Å². The summed E-state index contributed by atoms with van der Waals surface area (Å²) in [5, 5.41) is 5.48. The summed E-state index contributed by atoms with van der Waals surface area (Å²) in [6.07, 6.45) is 2.42. The minimum Gasteiger partial charge on any atom is -0.445 e. The molecule has 0 saturated heterocycles. The fourth-order valence-electron chi connectivity index (χ4n) is 2.11. The average molecular weight is 358 g/mol. The van der Waals surface area contributed by atoms with Crippen molar-refractivity contribution in [3.05, 3.63) is 60.2 Å². The third-order valence-electron chi connectivity index (χ3n) is 3.44. The third-order valence-corrected chi connectivity index (χ3v) is 4.18. The Morgan fingerprint density at radius 2 is 1.76 bits per heavy atom. The third kappa shape index (κ3) is 7.30. The summed E-state index contributed by atoms with van der Waals surface area (Å²) in [6.45, 7) is 0.631. The van der Waals surface area contributed by atoms with E-state index in [4.69, 9.17) is 4.74 Å². The molecule has 2 rings (SSSR count). The van der Waals surface area contributed by atoms with Crippen molar-refractivity contribution in [1.29, 1.82) is 0 Å². The van der Waals surface area contributed by atoms with Gasteiger partial charge in [-0.15, -0.1) is 11.8 Å². The van der Waals surface area contributed by atoms with Crippen molar-refractivity contribution in [3.8, 4) is 0 Å². The Kier molecular flexibility index (Phi) is 7.85. The van der Waals surface area contributed by atoms with Crippen LogP contribution in [-0.4, -0.2) is 24.8 Å². The summed E-state index contributed by atoms with van der Waals surface area (Å²) in [5.41, 5.74) is 1.71. The maximum atomic E-state index is 11.9. The molecular formula is C19H22N2O3S. The first kappa shape index (κ1) is 18.9. The van der Waals surface area contributed by atoms with Crippen molar-refractivity contribution in [2.45, 2.75) is 24.3 Å². The lowest BCUT2D eigenvalue weighted by atomic mass is 10.2. The molecule has 2 aromatic carbocycles. The second-order valence-corrected chi connectivity index (χ2v) is 6.25. The zero-order valence-electron chi connectivity index (χ0n) is 14.2. The van der Waals surface area contributed by atoms with Gasteiger partial charge in [-0.2, -0.15) is 0 Å². The van der Waals surface area contributed by atoms with Gasteiger partial charge in [0.1, 0.15) is 6.61 Å². The van der Waals surface area contributed by atoms with Crippen LogP contribution in [0.3, 0.4) is 0 Å². The number of ether oxygens (including phenoxy) is 1. The smallest absolute Gasteiger partial charge is 0.407 e. The molecule has 0 spiro atoms. The van der Waals surface area contributed by atoms with Crippen LogP contribution in [0.2, 0.25) is 0 Å². The van der Waals surface area contributed by atoms with Gasteiger partial charge < -0.3 is 15.4 Å². The maximum absolute atomic E-state index is 11.9. The summed E-state index contributed by atoms with van der Waals surface area (Å²) in [4.78, 5) is 24.6. The molecule has 132 valence electrons. The molecule has 6 heteroatoms. The van der Waals surface area contributed by atoms with Crippen LogP contribution in [0.1, 0.15) is 18.4 Å². The number of thioether (sulfide) groups is 1. The van der Waals surface area contributed by atoms with E-state index in [1.165, 1.54) is 0 Å². The quantitative estimate of drug-likeness (QED) is 0.552. The minimum atomic E-state index is -0.475. The molecule has 0 aliphatic carbocycles. The van der Waals surface area contributed by atoms with Crippen LogP contribution < -0.4 is 10.6 Å². The van der Waals surface area contributed by atoms with Gasteiger partial charge in [0.2, 0.25) is 5.91 Å². The Labute approximate surface area is 152 Å². The van der Waals surface area contributed by atoms with Crippen molar-refractivity contribution in [3.63, 3.8) is 0 Å². The number of alkyl carbamates (subject to hydrolysis) is 1. The second-order valence-electron chi connectivity index (χ2n) is 5.37. The van der Waals surface area contributed by atoms with Gasteiger partial charge in [-0.05, 0) is 42.5 Å². The number of anilines is 1. The molecule has 0 fully saturated rings. The minimum absolute atomic E-state index is 0.0728. The number of nitrogens with one attached hydrogen (secondary N) is 2. The first-order valence-electron chi connectivity index (χ1n) is 8.06. The number of rotatable bonds is 8. The van der Waals surface area contributed by atoms with E-state index in [9.17, 15) is 9.59 Å². The highest BCUT2D eigenvalue weighted by Gasteiger charge is 2.05. The van der Waals surface area contributed by atoms with Crippen molar-refractivity contribution in [1.82, 2.24) is 5.32 Å². The molecule has 2 amide bonds. The van der Waals surface area contributed by atoms with Crippen LogP contribution in [-0.2, 0) is 16.1 Å². The Bertz CT molecular complexity index is 675. The molecule has 2 aromatic rings. The molecule has 0 atom stereocenters. The van der Waals surface area contributed by atoms with Crippen LogP contribution in [0, 0.1) is 0 Å². The molecule has 0 saturated carbocycles. The molecular weight excluding hydrogens is 336 g/mol. The van der Waals surface area contributed by atoms with Gasteiger partial charge in [-0.3, -0.25) is 4.79 Å². The largest absolute Gasteiger partial charge is 0.445 e. The number of amides is 2. The lowest BCUT2D eigenvalue weighted by molar-refractivity contribution is -0.116. The van der Waals surface area contributed by atoms with Gasteiger partial charge >= 0.3 is 6.09 Å². The molecule has 2 N–H and O–H groups in total. The van der Waals surface area contributed by atoms with E-state index in [2.05, 4.69) is 10.6 Å². The van der Waals surface area contributed by atoms with Crippen LogP contribution in [0.4, 0.5) is 10.5 Å². The van der Waals surface area contributed by atoms with E-state index in [0.29, 0.717) is 19.4 Å². The van der Waals surface area contributed by atoms with Gasteiger partial charge in [-0.1, -0.05) is 30.3 Å². The van der Waals surface area contributed by atoms with Gasteiger partial charge in [0.05, 0.1) is 0 Å². The van der Waals surface area contributed by atoms with E-state index in [0.717, 1.165) is 16.1 Å². The molecule has 0 aromatic heterocycles. The van der Waals surface area contributed by atoms with Gasteiger partial charge in [0.25, 0.3) is 0 Å². The average Bonchev–Trinajstić information content (AvgIpc) is 2.65. The van der Waals surface area contributed by atoms with Crippen molar-refractivity contribution >= 4 is 29.4 Å². The van der Waals surface area contributed by atoms with Crippen LogP contribution >= 0.6 is 11.8 Å². The maximum Gasteiger partial charge on any atom is 0.407 e.